The molecule has 98 valence electrons. The van der Waals surface area contributed by atoms with Gasteiger partial charge in [0, 0.05) is 18.5 Å². The van der Waals surface area contributed by atoms with Gasteiger partial charge in [-0.2, -0.15) is 0 Å². The van der Waals surface area contributed by atoms with Crippen molar-refractivity contribution >= 4 is 22.4 Å². The highest BCUT2D eigenvalue weighted by Crippen LogP contribution is 2.27. The number of nitrogens with zero attached hydrogens (tertiary/aromatic N) is 3. The number of aryl methyl sites for hydroxylation is 1. The molecule has 0 atom stereocenters. The van der Waals surface area contributed by atoms with Gasteiger partial charge in [-0.3, -0.25) is 0 Å². The number of fused-ring (bicyclic) bond motifs is 1. The minimum absolute atomic E-state index is 0.305. The molecule has 0 aliphatic rings. The molecule has 0 unspecified atom stereocenters. The van der Waals surface area contributed by atoms with Gasteiger partial charge in [-0.05, 0) is 19.1 Å². The second kappa shape index (κ2) is 4.71. The van der Waals surface area contributed by atoms with E-state index in [4.69, 9.17) is 5.73 Å². The Bertz CT molecular complexity index is 731. The van der Waals surface area contributed by atoms with Crippen LogP contribution in [-0.4, -0.2) is 14.5 Å². The highest BCUT2D eigenvalue weighted by atomic mass is 32.1. The summed E-state index contributed by atoms with van der Waals surface area (Å²) in [6.45, 7) is 3.13. The van der Waals surface area contributed by atoms with E-state index >= 15 is 0 Å². The quantitative estimate of drug-likeness (QED) is 0.800. The zero-order valence-corrected chi connectivity index (χ0v) is 11.2. The predicted molar refractivity (Wildman–Crippen MR) is 74.4 cm³/mol. The van der Waals surface area contributed by atoms with Gasteiger partial charge in [0.2, 0.25) is 0 Å². The van der Waals surface area contributed by atoms with Crippen LogP contribution in [0.4, 0.5) is 4.39 Å². The molecule has 0 saturated carbocycles. The van der Waals surface area contributed by atoms with Crippen molar-refractivity contribution in [2.75, 3.05) is 0 Å². The number of aromatic nitrogens is 3. The zero-order valence-electron chi connectivity index (χ0n) is 10.4. The summed E-state index contributed by atoms with van der Waals surface area (Å²) in [6.07, 6.45) is 0. The number of rotatable bonds is 3. The molecule has 6 heteroatoms. The van der Waals surface area contributed by atoms with Crippen LogP contribution in [0.1, 0.15) is 11.9 Å². The molecule has 0 aliphatic heterocycles. The van der Waals surface area contributed by atoms with Crippen LogP contribution in [0.15, 0.2) is 23.6 Å². The van der Waals surface area contributed by atoms with Crippen LogP contribution in [0.5, 0.6) is 0 Å². The first-order valence-corrected chi connectivity index (χ1v) is 6.92. The fourth-order valence-corrected chi connectivity index (χ4v) is 2.79. The lowest BCUT2D eigenvalue weighted by atomic mass is 10.3. The van der Waals surface area contributed by atoms with Gasteiger partial charge in [0.25, 0.3) is 0 Å². The maximum absolute atomic E-state index is 13.8. The Balaban J connectivity index is 2.25. The molecule has 1 aromatic carbocycles. The number of nitrogens with two attached hydrogens (primary N) is 1. The van der Waals surface area contributed by atoms with Crippen LogP contribution in [0.25, 0.3) is 22.6 Å². The summed E-state index contributed by atoms with van der Waals surface area (Å²) in [4.78, 5) is 8.81. The van der Waals surface area contributed by atoms with Crippen molar-refractivity contribution in [2.24, 2.45) is 5.73 Å². The zero-order chi connectivity index (χ0) is 13.4. The van der Waals surface area contributed by atoms with E-state index in [1.807, 2.05) is 22.9 Å². The summed E-state index contributed by atoms with van der Waals surface area (Å²) < 4.78 is 15.8. The van der Waals surface area contributed by atoms with Crippen molar-refractivity contribution in [1.82, 2.24) is 14.5 Å². The maximum Gasteiger partial charge on any atom is 0.160 e. The Morgan fingerprint density at radius 2 is 2.21 bits per heavy atom. The van der Waals surface area contributed by atoms with Gasteiger partial charge in [0.15, 0.2) is 11.6 Å². The van der Waals surface area contributed by atoms with Gasteiger partial charge < -0.3 is 10.3 Å². The standard InChI is InChI=1S/C13H13FN4S/c1-2-18-10-5-3-4-8(14)12(10)17-13(18)9-7-19-11(6-15)16-9/h3-5,7H,2,6,15H2,1H3. The fraction of sp³-hybridized carbons (Fsp3) is 0.231. The molecule has 2 N–H and O–H groups in total. The summed E-state index contributed by atoms with van der Waals surface area (Å²) in [5, 5.41) is 2.76. The third-order valence-electron chi connectivity index (χ3n) is 3.00. The van der Waals surface area contributed by atoms with Crippen LogP contribution in [0.3, 0.4) is 0 Å². The van der Waals surface area contributed by atoms with Crippen molar-refractivity contribution in [2.45, 2.75) is 20.0 Å². The molecular weight excluding hydrogens is 263 g/mol. The van der Waals surface area contributed by atoms with E-state index < -0.39 is 0 Å². The van der Waals surface area contributed by atoms with Crippen molar-refractivity contribution in [3.8, 4) is 11.5 Å². The lowest BCUT2D eigenvalue weighted by Crippen LogP contribution is -1.99. The van der Waals surface area contributed by atoms with Crippen LogP contribution < -0.4 is 5.73 Å². The number of halogens is 1. The molecule has 2 aromatic heterocycles. The summed E-state index contributed by atoms with van der Waals surface area (Å²) in [7, 11) is 0. The summed E-state index contributed by atoms with van der Waals surface area (Å²) in [5.74, 6) is 0.388. The van der Waals surface area contributed by atoms with E-state index in [2.05, 4.69) is 9.97 Å². The second-order valence-corrected chi connectivity index (χ2v) is 5.06. The molecule has 0 bridgehead atoms. The third kappa shape index (κ3) is 1.93. The van der Waals surface area contributed by atoms with Crippen molar-refractivity contribution in [3.05, 3.63) is 34.4 Å². The second-order valence-electron chi connectivity index (χ2n) is 4.12. The largest absolute Gasteiger partial charge is 0.325 e. The average Bonchev–Trinajstić information content (AvgIpc) is 3.02. The molecule has 4 nitrogen and oxygen atoms in total. The third-order valence-corrected chi connectivity index (χ3v) is 3.87. The number of hydrogen-bond donors (Lipinski definition) is 1. The Morgan fingerprint density at radius 3 is 2.89 bits per heavy atom. The van der Waals surface area contributed by atoms with Crippen molar-refractivity contribution < 1.29 is 4.39 Å². The highest BCUT2D eigenvalue weighted by Gasteiger charge is 2.16. The molecular formula is C13H13FN4S. The molecule has 19 heavy (non-hydrogen) atoms. The van der Waals surface area contributed by atoms with Crippen LogP contribution in [0, 0.1) is 5.82 Å². The Morgan fingerprint density at radius 1 is 1.37 bits per heavy atom. The smallest absolute Gasteiger partial charge is 0.160 e. The summed E-state index contributed by atoms with van der Waals surface area (Å²) in [6, 6.07) is 4.99. The van der Waals surface area contributed by atoms with E-state index in [0.717, 1.165) is 16.2 Å². The minimum Gasteiger partial charge on any atom is -0.325 e. The van der Waals surface area contributed by atoms with Crippen molar-refractivity contribution in [3.63, 3.8) is 0 Å². The van der Waals surface area contributed by atoms with Crippen LogP contribution in [-0.2, 0) is 13.1 Å². The maximum atomic E-state index is 13.8. The lowest BCUT2D eigenvalue weighted by molar-refractivity contribution is 0.637. The van der Waals surface area contributed by atoms with Gasteiger partial charge in [0.05, 0.1) is 5.52 Å². The van der Waals surface area contributed by atoms with Crippen molar-refractivity contribution in [1.29, 1.82) is 0 Å². The summed E-state index contributed by atoms with van der Waals surface area (Å²) in [5.41, 5.74) is 7.51. The van der Waals surface area contributed by atoms with Gasteiger partial charge in [0.1, 0.15) is 16.2 Å². The predicted octanol–water partition coefficient (Wildman–Crippen LogP) is 2.78. The molecule has 3 rings (SSSR count). The molecule has 0 fully saturated rings. The van der Waals surface area contributed by atoms with E-state index in [9.17, 15) is 4.39 Å². The van der Waals surface area contributed by atoms with Crippen LogP contribution in [0.2, 0.25) is 0 Å². The molecule has 0 saturated heterocycles. The molecule has 0 radical (unpaired) electrons. The number of para-hydroxylation sites is 1. The number of hydrogen-bond acceptors (Lipinski definition) is 4. The first-order valence-electron chi connectivity index (χ1n) is 6.04. The molecule has 0 aliphatic carbocycles. The van der Waals surface area contributed by atoms with E-state index in [0.29, 0.717) is 24.4 Å². The molecule has 0 spiro atoms. The first kappa shape index (κ1) is 12.3. The Labute approximate surface area is 113 Å². The molecule has 3 aromatic rings. The number of imidazole rings is 1. The van der Waals surface area contributed by atoms with E-state index in [1.165, 1.54) is 17.4 Å². The van der Waals surface area contributed by atoms with E-state index in [-0.39, 0.29) is 5.82 Å². The van der Waals surface area contributed by atoms with E-state index in [1.54, 1.807) is 6.07 Å². The Kier molecular flexibility index (Phi) is 3.04. The Hall–Kier alpha value is -1.79. The molecule has 0 amide bonds. The summed E-state index contributed by atoms with van der Waals surface area (Å²) >= 11 is 1.49. The average molecular weight is 276 g/mol. The number of thiazole rings is 1. The molecule has 2 heterocycles. The van der Waals surface area contributed by atoms with Gasteiger partial charge in [-0.15, -0.1) is 11.3 Å². The van der Waals surface area contributed by atoms with Gasteiger partial charge in [-0.1, -0.05) is 6.07 Å². The van der Waals surface area contributed by atoms with Gasteiger partial charge in [-0.25, -0.2) is 14.4 Å². The monoisotopic (exact) mass is 276 g/mol. The normalized spacial score (nSPS) is 11.3. The number of benzene rings is 1. The highest BCUT2D eigenvalue weighted by molar-refractivity contribution is 7.09. The van der Waals surface area contributed by atoms with Crippen LogP contribution >= 0.6 is 11.3 Å². The fourth-order valence-electron chi connectivity index (χ4n) is 2.14. The minimum atomic E-state index is -0.305. The van der Waals surface area contributed by atoms with Gasteiger partial charge >= 0.3 is 0 Å². The first-order chi connectivity index (χ1) is 9.24. The SMILES string of the molecule is CCn1c(-c2csc(CN)n2)nc2c(F)cccc21. The lowest BCUT2D eigenvalue weighted by Gasteiger charge is -2.03. The topological polar surface area (TPSA) is 56.7 Å².